The van der Waals surface area contributed by atoms with Gasteiger partial charge in [0.15, 0.2) is 0 Å². The summed E-state index contributed by atoms with van der Waals surface area (Å²) >= 11 is 0. The van der Waals surface area contributed by atoms with E-state index in [9.17, 15) is 9.18 Å². The number of carbonyl (C=O) groups is 1. The lowest BCUT2D eigenvalue weighted by atomic mass is 10.0. The molecular formula is C9H10FNO3. The van der Waals surface area contributed by atoms with Crippen molar-refractivity contribution in [1.82, 2.24) is 4.98 Å². The molecule has 0 aromatic carbocycles. The lowest BCUT2D eigenvalue weighted by Crippen LogP contribution is -2.10. The fraction of sp³-hybridized carbons (Fsp3) is 0.333. The first-order valence-electron chi connectivity index (χ1n) is 3.98. The standard InChI is InChI=1S/C9H10FNO3/c1-5(9(12)13)6-3-8(14-2)11-4-7(6)10/h3-5H,1-2H3,(H,12,13). The van der Waals surface area contributed by atoms with E-state index in [4.69, 9.17) is 9.84 Å². The molecule has 0 fully saturated rings. The maximum atomic E-state index is 13.1. The highest BCUT2D eigenvalue weighted by molar-refractivity contribution is 5.75. The molecule has 1 aromatic rings. The maximum absolute atomic E-state index is 13.1. The summed E-state index contributed by atoms with van der Waals surface area (Å²) < 4.78 is 17.9. The van der Waals surface area contributed by atoms with Crippen LogP contribution < -0.4 is 4.74 Å². The first-order chi connectivity index (χ1) is 6.56. The second-order valence-corrected chi connectivity index (χ2v) is 2.81. The molecule has 1 aromatic heterocycles. The summed E-state index contributed by atoms with van der Waals surface area (Å²) in [7, 11) is 1.38. The topological polar surface area (TPSA) is 59.4 Å². The third-order valence-electron chi connectivity index (χ3n) is 1.91. The Bertz CT molecular complexity index is 354. The summed E-state index contributed by atoms with van der Waals surface area (Å²) in [6.45, 7) is 1.40. The largest absolute Gasteiger partial charge is 0.481 e. The molecule has 5 heteroatoms. The van der Waals surface area contributed by atoms with Gasteiger partial charge in [0.1, 0.15) is 5.82 Å². The van der Waals surface area contributed by atoms with Gasteiger partial charge in [-0.1, -0.05) is 0 Å². The molecule has 0 amide bonds. The molecule has 0 bridgehead atoms. The zero-order valence-electron chi connectivity index (χ0n) is 7.82. The van der Waals surface area contributed by atoms with Crippen molar-refractivity contribution >= 4 is 5.97 Å². The number of aromatic nitrogens is 1. The van der Waals surface area contributed by atoms with E-state index in [1.165, 1.54) is 20.1 Å². The minimum absolute atomic E-state index is 0.0735. The average Bonchev–Trinajstić information content (AvgIpc) is 2.17. The van der Waals surface area contributed by atoms with Crippen LogP contribution in [0.15, 0.2) is 12.3 Å². The molecule has 1 heterocycles. The molecule has 1 rings (SSSR count). The van der Waals surface area contributed by atoms with E-state index in [1.807, 2.05) is 0 Å². The van der Waals surface area contributed by atoms with Crippen molar-refractivity contribution in [2.45, 2.75) is 12.8 Å². The van der Waals surface area contributed by atoms with E-state index < -0.39 is 17.7 Å². The van der Waals surface area contributed by atoms with Gasteiger partial charge in [-0.2, -0.15) is 0 Å². The number of rotatable bonds is 3. The van der Waals surface area contributed by atoms with Gasteiger partial charge in [0.2, 0.25) is 5.88 Å². The van der Waals surface area contributed by atoms with Gasteiger partial charge in [-0.15, -0.1) is 0 Å². The Morgan fingerprint density at radius 1 is 1.71 bits per heavy atom. The predicted octanol–water partition coefficient (Wildman–Crippen LogP) is 1.42. The van der Waals surface area contributed by atoms with Crippen molar-refractivity contribution in [3.05, 3.63) is 23.6 Å². The number of ether oxygens (including phenoxy) is 1. The van der Waals surface area contributed by atoms with Gasteiger partial charge in [-0.05, 0) is 6.92 Å². The minimum atomic E-state index is -1.09. The minimum Gasteiger partial charge on any atom is -0.481 e. The molecule has 0 aliphatic carbocycles. The highest BCUT2D eigenvalue weighted by atomic mass is 19.1. The van der Waals surface area contributed by atoms with E-state index in [1.54, 1.807) is 0 Å². The molecule has 1 atom stereocenters. The van der Waals surface area contributed by atoms with Crippen molar-refractivity contribution in [2.75, 3.05) is 7.11 Å². The summed E-state index contributed by atoms with van der Waals surface area (Å²) in [5.74, 6) is -2.43. The Kier molecular flexibility index (Phi) is 3.01. The van der Waals surface area contributed by atoms with Crippen molar-refractivity contribution in [3.8, 4) is 5.88 Å². The van der Waals surface area contributed by atoms with Crippen molar-refractivity contribution in [3.63, 3.8) is 0 Å². The predicted molar refractivity (Wildman–Crippen MR) is 46.8 cm³/mol. The van der Waals surface area contributed by atoms with Gasteiger partial charge in [0, 0.05) is 11.6 Å². The maximum Gasteiger partial charge on any atom is 0.310 e. The van der Waals surface area contributed by atoms with Crippen molar-refractivity contribution in [2.24, 2.45) is 0 Å². The zero-order valence-corrected chi connectivity index (χ0v) is 7.82. The number of carboxylic acid groups (broad SMARTS) is 1. The molecule has 0 aliphatic rings. The SMILES string of the molecule is COc1cc(C(C)C(=O)O)c(F)cn1. The second kappa shape index (κ2) is 4.04. The van der Waals surface area contributed by atoms with Crippen LogP contribution in [-0.2, 0) is 4.79 Å². The van der Waals surface area contributed by atoms with Crippen LogP contribution in [0.3, 0.4) is 0 Å². The quantitative estimate of drug-likeness (QED) is 0.799. The molecule has 0 saturated heterocycles. The van der Waals surface area contributed by atoms with Gasteiger partial charge >= 0.3 is 5.97 Å². The van der Waals surface area contributed by atoms with Crippen LogP contribution >= 0.6 is 0 Å². The van der Waals surface area contributed by atoms with Crippen LogP contribution in [0.2, 0.25) is 0 Å². The summed E-state index contributed by atoms with van der Waals surface area (Å²) in [4.78, 5) is 14.2. The van der Waals surface area contributed by atoms with Gasteiger partial charge in [0.05, 0.1) is 19.2 Å². The van der Waals surface area contributed by atoms with Gasteiger partial charge in [-0.3, -0.25) is 4.79 Å². The van der Waals surface area contributed by atoms with E-state index in [0.717, 1.165) is 6.20 Å². The smallest absolute Gasteiger partial charge is 0.310 e. The Hall–Kier alpha value is -1.65. The zero-order chi connectivity index (χ0) is 10.7. The van der Waals surface area contributed by atoms with Crippen molar-refractivity contribution in [1.29, 1.82) is 0 Å². The van der Waals surface area contributed by atoms with Crippen LogP contribution in [0.5, 0.6) is 5.88 Å². The molecule has 0 radical (unpaired) electrons. The number of halogens is 1. The molecular weight excluding hydrogens is 189 g/mol. The Morgan fingerprint density at radius 2 is 2.36 bits per heavy atom. The van der Waals surface area contributed by atoms with Crippen LogP contribution in [0.4, 0.5) is 4.39 Å². The van der Waals surface area contributed by atoms with Gasteiger partial charge in [0.25, 0.3) is 0 Å². The third kappa shape index (κ3) is 1.99. The van der Waals surface area contributed by atoms with Crippen LogP contribution in [-0.4, -0.2) is 23.2 Å². The van der Waals surface area contributed by atoms with Gasteiger partial charge in [-0.25, -0.2) is 9.37 Å². The number of hydrogen-bond donors (Lipinski definition) is 1. The number of methoxy groups -OCH3 is 1. The number of hydrogen-bond acceptors (Lipinski definition) is 3. The summed E-state index contributed by atoms with van der Waals surface area (Å²) in [5.41, 5.74) is 0.0735. The normalized spacial score (nSPS) is 12.2. The summed E-state index contributed by atoms with van der Waals surface area (Å²) in [6.07, 6.45) is 0.952. The molecule has 0 spiro atoms. The molecule has 1 unspecified atom stereocenters. The van der Waals surface area contributed by atoms with Crippen LogP contribution in [0.1, 0.15) is 18.4 Å². The van der Waals surface area contributed by atoms with Gasteiger partial charge < -0.3 is 9.84 Å². The monoisotopic (exact) mass is 199 g/mol. The molecule has 1 N–H and O–H groups in total. The molecule has 14 heavy (non-hydrogen) atoms. The molecule has 76 valence electrons. The first-order valence-corrected chi connectivity index (χ1v) is 3.98. The van der Waals surface area contributed by atoms with Crippen molar-refractivity contribution < 1.29 is 19.0 Å². The van der Waals surface area contributed by atoms with E-state index in [0.29, 0.717) is 0 Å². The molecule has 0 aliphatic heterocycles. The summed E-state index contributed by atoms with van der Waals surface area (Å²) in [5, 5.41) is 8.70. The summed E-state index contributed by atoms with van der Waals surface area (Å²) in [6, 6.07) is 1.29. The Balaban J connectivity index is 3.11. The highest BCUT2D eigenvalue weighted by Gasteiger charge is 2.18. The highest BCUT2D eigenvalue weighted by Crippen LogP contribution is 2.21. The number of aliphatic carboxylic acids is 1. The number of nitrogens with zero attached hydrogens (tertiary/aromatic N) is 1. The van der Waals surface area contributed by atoms with E-state index >= 15 is 0 Å². The number of carboxylic acids is 1. The van der Waals surface area contributed by atoms with E-state index in [-0.39, 0.29) is 11.4 Å². The number of pyridine rings is 1. The fourth-order valence-corrected chi connectivity index (χ4v) is 1.01. The fourth-order valence-electron chi connectivity index (χ4n) is 1.01. The Morgan fingerprint density at radius 3 is 2.86 bits per heavy atom. The Labute approximate surface area is 80.3 Å². The molecule has 0 saturated carbocycles. The first kappa shape index (κ1) is 10.4. The average molecular weight is 199 g/mol. The van der Waals surface area contributed by atoms with E-state index in [2.05, 4.69) is 4.98 Å². The lowest BCUT2D eigenvalue weighted by Gasteiger charge is -2.08. The lowest BCUT2D eigenvalue weighted by molar-refractivity contribution is -0.138. The van der Waals surface area contributed by atoms with Crippen LogP contribution in [0, 0.1) is 5.82 Å². The third-order valence-corrected chi connectivity index (χ3v) is 1.91. The van der Waals surface area contributed by atoms with Crippen LogP contribution in [0.25, 0.3) is 0 Å². The molecule has 4 nitrogen and oxygen atoms in total. The second-order valence-electron chi connectivity index (χ2n) is 2.81.